The van der Waals surface area contributed by atoms with Crippen molar-refractivity contribution in [3.8, 4) is 17.2 Å². The highest BCUT2D eigenvalue weighted by Gasteiger charge is 2.33. The summed E-state index contributed by atoms with van der Waals surface area (Å²) >= 11 is 0.942. The van der Waals surface area contributed by atoms with Gasteiger partial charge in [-0.15, -0.1) is 11.3 Å². The number of ether oxygens (including phenoxy) is 3. The number of guanidine groups is 1. The fourth-order valence-electron chi connectivity index (χ4n) is 2.42. The number of methoxy groups -OCH3 is 3. The van der Waals surface area contributed by atoms with Gasteiger partial charge in [-0.3, -0.25) is 0 Å². The Balaban J connectivity index is 2.11. The van der Waals surface area contributed by atoms with Gasteiger partial charge in [0.25, 0.3) is 0 Å². The summed E-state index contributed by atoms with van der Waals surface area (Å²) in [5.74, 6) is 1.96. The fraction of sp³-hybridized carbons (Fsp3) is 0.444. The Hall–Kier alpha value is -2.69. The summed E-state index contributed by atoms with van der Waals surface area (Å²) in [6.45, 7) is 2.90. The molecule has 2 rings (SSSR count). The van der Waals surface area contributed by atoms with E-state index in [1.165, 1.54) is 21.3 Å². The molecule has 0 spiro atoms. The summed E-state index contributed by atoms with van der Waals surface area (Å²) in [5.41, 5.74) is -0.0797. The number of hydrogen-bond donors (Lipinski definition) is 2. The summed E-state index contributed by atoms with van der Waals surface area (Å²) in [6.07, 6.45) is -4.44. The maximum atomic E-state index is 12.7. The molecule has 1 heterocycles. The highest BCUT2D eigenvalue weighted by Crippen LogP contribution is 2.38. The lowest BCUT2D eigenvalue weighted by Gasteiger charge is -2.14. The van der Waals surface area contributed by atoms with Gasteiger partial charge in [0.15, 0.2) is 23.2 Å². The van der Waals surface area contributed by atoms with Crippen LogP contribution in [0.4, 0.5) is 13.2 Å². The van der Waals surface area contributed by atoms with Crippen molar-refractivity contribution in [1.29, 1.82) is 0 Å². The number of nitrogens with zero attached hydrogens (tertiary/aromatic N) is 2. The lowest BCUT2D eigenvalue weighted by molar-refractivity contribution is -0.140. The highest BCUT2D eigenvalue weighted by atomic mass is 32.1. The summed E-state index contributed by atoms with van der Waals surface area (Å²) in [6, 6.07) is 3.57. The Morgan fingerprint density at radius 3 is 2.24 bits per heavy atom. The highest BCUT2D eigenvalue weighted by molar-refractivity contribution is 7.09. The van der Waals surface area contributed by atoms with Gasteiger partial charge < -0.3 is 24.8 Å². The quantitative estimate of drug-likeness (QED) is 0.492. The van der Waals surface area contributed by atoms with Crippen LogP contribution in [0, 0.1) is 0 Å². The largest absolute Gasteiger partial charge is 0.493 e. The number of aromatic nitrogens is 1. The molecular formula is C18H23F3N4O3S. The van der Waals surface area contributed by atoms with Gasteiger partial charge in [0.1, 0.15) is 5.01 Å². The van der Waals surface area contributed by atoms with Crippen LogP contribution in [0.25, 0.3) is 0 Å². The maximum absolute atomic E-state index is 12.7. The summed E-state index contributed by atoms with van der Waals surface area (Å²) < 4.78 is 53.9. The van der Waals surface area contributed by atoms with Crippen LogP contribution in [0.1, 0.15) is 23.2 Å². The van der Waals surface area contributed by atoms with E-state index in [9.17, 15) is 13.2 Å². The number of rotatable bonds is 8. The summed E-state index contributed by atoms with van der Waals surface area (Å²) in [4.78, 5) is 8.06. The van der Waals surface area contributed by atoms with Gasteiger partial charge in [0.2, 0.25) is 5.75 Å². The number of hydrogen-bond acceptors (Lipinski definition) is 6. The molecule has 0 fully saturated rings. The van der Waals surface area contributed by atoms with E-state index in [0.717, 1.165) is 22.3 Å². The maximum Gasteiger partial charge on any atom is 0.434 e. The van der Waals surface area contributed by atoms with Crippen LogP contribution < -0.4 is 24.8 Å². The molecule has 11 heteroatoms. The van der Waals surface area contributed by atoms with Crippen LogP contribution in [-0.2, 0) is 19.3 Å². The van der Waals surface area contributed by atoms with E-state index < -0.39 is 11.9 Å². The SMILES string of the molecule is CCNC(=NCc1cc(OC)c(OC)c(OC)c1)NCc1nc(C(F)(F)F)cs1. The molecule has 0 bridgehead atoms. The molecule has 0 aliphatic rings. The Bertz CT molecular complexity index is 815. The van der Waals surface area contributed by atoms with Crippen molar-refractivity contribution < 1.29 is 27.4 Å². The third-order valence-electron chi connectivity index (χ3n) is 3.74. The lowest BCUT2D eigenvalue weighted by atomic mass is 10.2. The van der Waals surface area contributed by atoms with Gasteiger partial charge in [-0.2, -0.15) is 13.2 Å². The van der Waals surface area contributed by atoms with Crippen LogP contribution in [0.2, 0.25) is 0 Å². The molecule has 1 aromatic heterocycles. The predicted octanol–water partition coefficient (Wildman–Crippen LogP) is 3.44. The minimum Gasteiger partial charge on any atom is -0.493 e. The molecule has 0 aliphatic carbocycles. The predicted molar refractivity (Wildman–Crippen MR) is 105 cm³/mol. The second-order valence-corrected chi connectivity index (χ2v) is 6.65. The Labute approximate surface area is 170 Å². The summed E-state index contributed by atoms with van der Waals surface area (Å²) in [7, 11) is 4.58. The van der Waals surface area contributed by atoms with Crippen molar-refractivity contribution in [3.05, 3.63) is 33.8 Å². The molecule has 0 saturated carbocycles. The average Bonchev–Trinajstić information content (AvgIpc) is 3.18. The smallest absolute Gasteiger partial charge is 0.434 e. The normalized spacial score (nSPS) is 11.9. The molecule has 0 unspecified atom stereocenters. The van der Waals surface area contributed by atoms with E-state index >= 15 is 0 Å². The van der Waals surface area contributed by atoms with Gasteiger partial charge >= 0.3 is 6.18 Å². The number of aliphatic imine (C=N–C) groups is 1. The standard InChI is InChI=1S/C18H23F3N4O3S/c1-5-22-17(24-9-15-25-14(10-29-15)18(19,20)21)23-8-11-6-12(26-2)16(28-4)13(7-11)27-3/h6-7,10H,5,8-9H2,1-4H3,(H2,22,23,24). The molecule has 2 aromatic rings. The number of alkyl halides is 3. The van der Waals surface area contributed by atoms with E-state index in [1.54, 1.807) is 12.1 Å². The average molecular weight is 432 g/mol. The Morgan fingerprint density at radius 2 is 1.76 bits per heavy atom. The number of halogens is 3. The summed E-state index contributed by atoms with van der Waals surface area (Å²) in [5, 5.41) is 7.34. The lowest BCUT2D eigenvalue weighted by Crippen LogP contribution is -2.36. The molecule has 160 valence electrons. The fourth-order valence-corrected chi connectivity index (χ4v) is 3.16. The molecule has 0 amide bonds. The van der Waals surface area contributed by atoms with E-state index in [2.05, 4.69) is 20.6 Å². The molecular weight excluding hydrogens is 409 g/mol. The van der Waals surface area contributed by atoms with Crippen molar-refractivity contribution in [2.24, 2.45) is 4.99 Å². The topological polar surface area (TPSA) is 77.0 Å². The van der Waals surface area contributed by atoms with Gasteiger partial charge in [-0.25, -0.2) is 9.98 Å². The first-order chi connectivity index (χ1) is 13.8. The zero-order valence-electron chi connectivity index (χ0n) is 16.5. The second-order valence-electron chi connectivity index (χ2n) is 5.71. The van der Waals surface area contributed by atoms with E-state index in [4.69, 9.17) is 14.2 Å². The first kappa shape index (κ1) is 22.6. The van der Waals surface area contributed by atoms with E-state index in [0.29, 0.717) is 34.8 Å². The molecule has 0 aliphatic heterocycles. The molecule has 2 N–H and O–H groups in total. The van der Waals surface area contributed by atoms with Crippen molar-refractivity contribution in [2.75, 3.05) is 27.9 Å². The molecule has 0 radical (unpaired) electrons. The second kappa shape index (κ2) is 10.2. The van der Waals surface area contributed by atoms with Crippen molar-refractivity contribution in [2.45, 2.75) is 26.2 Å². The van der Waals surface area contributed by atoms with Gasteiger partial charge in [-0.05, 0) is 24.6 Å². The van der Waals surface area contributed by atoms with Crippen LogP contribution in [0.5, 0.6) is 17.2 Å². The number of thiazole rings is 1. The van der Waals surface area contributed by atoms with E-state index in [-0.39, 0.29) is 13.1 Å². The first-order valence-electron chi connectivity index (χ1n) is 8.65. The molecule has 0 atom stereocenters. The van der Waals surface area contributed by atoms with Gasteiger partial charge in [0.05, 0.1) is 34.4 Å². The molecule has 1 aromatic carbocycles. The van der Waals surface area contributed by atoms with E-state index in [1.807, 2.05) is 6.92 Å². The first-order valence-corrected chi connectivity index (χ1v) is 9.53. The van der Waals surface area contributed by atoms with Gasteiger partial charge in [-0.1, -0.05) is 0 Å². The molecule has 0 saturated heterocycles. The minimum atomic E-state index is -4.44. The van der Waals surface area contributed by atoms with Crippen LogP contribution in [0.3, 0.4) is 0 Å². The zero-order chi connectivity index (χ0) is 21.4. The van der Waals surface area contributed by atoms with Crippen LogP contribution in [-0.4, -0.2) is 38.8 Å². The monoisotopic (exact) mass is 432 g/mol. The van der Waals surface area contributed by atoms with Gasteiger partial charge in [0, 0.05) is 11.9 Å². The Morgan fingerprint density at radius 1 is 1.10 bits per heavy atom. The van der Waals surface area contributed by atoms with Crippen LogP contribution in [0.15, 0.2) is 22.5 Å². The number of benzene rings is 1. The van der Waals surface area contributed by atoms with Crippen molar-refractivity contribution >= 4 is 17.3 Å². The Kier molecular flexibility index (Phi) is 7.94. The zero-order valence-corrected chi connectivity index (χ0v) is 17.3. The minimum absolute atomic E-state index is 0.127. The molecule has 7 nitrogen and oxygen atoms in total. The molecule has 29 heavy (non-hydrogen) atoms. The third kappa shape index (κ3) is 6.14. The van der Waals surface area contributed by atoms with Crippen molar-refractivity contribution in [1.82, 2.24) is 15.6 Å². The number of nitrogens with one attached hydrogen (secondary N) is 2. The van der Waals surface area contributed by atoms with Crippen LogP contribution >= 0.6 is 11.3 Å². The van der Waals surface area contributed by atoms with Crippen molar-refractivity contribution in [3.63, 3.8) is 0 Å². The third-order valence-corrected chi connectivity index (χ3v) is 4.59.